The second-order valence-corrected chi connectivity index (χ2v) is 5.03. The first-order valence-electron chi connectivity index (χ1n) is 6.37. The van der Waals surface area contributed by atoms with E-state index in [0.717, 1.165) is 5.56 Å². The summed E-state index contributed by atoms with van der Waals surface area (Å²) in [6.45, 7) is 4.07. The predicted octanol–water partition coefficient (Wildman–Crippen LogP) is 1.90. The summed E-state index contributed by atoms with van der Waals surface area (Å²) < 4.78 is 4.88. The molecule has 0 saturated carbocycles. The van der Waals surface area contributed by atoms with Gasteiger partial charge in [0.2, 0.25) is 0 Å². The van der Waals surface area contributed by atoms with Crippen LogP contribution in [0.25, 0.3) is 0 Å². The topological polar surface area (TPSA) is 71.7 Å². The van der Waals surface area contributed by atoms with Crippen LogP contribution < -0.4 is 10.6 Å². The zero-order chi connectivity index (χ0) is 14.5. The van der Waals surface area contributed by atoms with E-state index in [1.165, 1.54) is 0 Å². The number of quaternary nitrogens is 1. The Kier molecular flexibility index (Phi) is 4.76. The van der Waals surface area contributed by atoms with Crippen molar-refractivity contribution in [2.75, 3.05) is 11.9 Å². The first-order valence-corrected chi connectivity index (χ1v) is 6.75. The number of anilines is 1. The molecule has 6 heteroatoms. The van der Waals surface area contributed by atoms with Crippen molar-refractivity contribution in [1.82, 2.24) is 5.16 Å². The fourth-order valence-corrected chi connectivity index (χ4v) is 2.18. The van der Waals surface area contributed by atoms with E-state index in [9.17, 15) is 4.79 Å². The third-order valence-electron chi connectivity index (χ3n) is 2.95. The third-order valence-corrected chi connectivity index (χ3v) is 3.29. The summed E-state index contributed by atoms with van der Waals surface area (Å²) in [7, 11) is 0. The highest BCUT2D eigenvalue weighted by molar-refractivity contribution is 6.31. The lowest BCUT2D eigenvalue weighted by atomic mass is 10.1. The number of rotatable bonds is 5. The van der Waals surface area contributed by atoms with Gasteiger partial charge in [0.25, 0.3) is 5.91 Å². The average molecular weight is 295 g/mol. The molecule has 0 saturated heterocycles. The Morgan fingerprint density at radius 1 is 1.50 bits per heavy atom. The maximum atomic E-state index is 11.8. The number of aryl methyl sites for hydroxylation is 1. The lowest BCUT2D eigenvalue weighted by Gasteiger charge is -2.11. The first kappa shape index (κ1) is 14.6. The van der Waals surface area contributed by atoms with Crippen LogP contribution in [0.3, 0.4) is 0 Å². The van der Waals surface area contributed by atoms with Crippen molar-refractivity contribution in [2.24, 2.45) is 0 Å². The summed E-state index contributed by atoms with van der Waals surface area (Å²) in [4.78, 5) is 11.8. The molecule has 2 rings (SSSR count). The van der Waals surface area contributed by atoms with Crippen LogP contribution in [0, 0.1) is 6.92 Å². The van der Waals surface area contributed by atoms with Gasteiger partial charge in [-0.25, -0.2) is 0 Å². The molecule has 1 atom stereocenters. The molecule has 2 aromatic rings. The lowest BCUT2D eigenvalue weighted by Crippen LogP contribution is -2.86. The number of amides is 1. The van der Waals surface area contributed by atoms with Gasteiger partial charge in [0.05, 0.1) is 0 Å². The van der Waals surface area contributed by atoms with Gasteiger partial charge >= 0.3 is 0 Å². The van der Waals surface area contributed by atoms with Crippen LogP contribution in [-0.2, 0) is 4.79 Å². The van der Waals surface area contributed by atoms with Crippen LogP contribution >= 0.6 is 11.6 Å². The molecule has 0 unspecified atom stereocenters. The van der Waals surface area contributed by atoms with Gasteiger partial charge in [-0.3, -0.25) is 4.79 Å². The van der Waals surface area contributed by atoms with E-state index >= 15 is 0 Å². The number of benzene rings is 1. The van der Waals surface area contributed by atoms with E-state index in [1.54, 1.807) is 13.0 Å². The lowest BCUT2D eigenvalue weighted by molar-refractivity contribution is -0.682. The van der Waals surface area contributed by atoms with Crippen LogP contribution in [-0.4, -0.2) is 17.6 Å². The molecular formula is C14H17ClN3O2+. The van der Waals surface area contributed by atoms with Gasteiger partial charge in [-0.1, -0.05) is 35.0 Å². The number of nitrogens with zero attached hydrogens (tertiary/aromatic N) is 1. The molecule has 5 nitrogen and oxygen atoms in total. The summed E-state index contributed by atoms with van der Waals surface area (Å²) in [5, 5.41) is 9.02. The van der Waals surface area contributed by atoms with Crippen molar-refractivity contribution in [2.45, 2.75) is 19.9 Å². The SMILES string of the molecule is Cc1cc(NC(=O)C[NH2+][C@H](C)c2ccccc2Cl)no1. The first-order chi connectivity index (χ1) is 9.56. The van der Waals surface area contributed by atoms with Crippen molar-refractivity contribution in [1.29, 1.82) is 0 Å². The molecule has 0 aliphatic rings. The Labute approximate surface area is 122 Å². The Morgan fingerprint density at radius 3 is 2.90 bits per heavy atom. The molecule has 0 fully saturated rings. The standard InChI is InChI=1S/C14H16ClN3O2/c1-9-7-13(18-20-9)17-14(19)8-16-10(2)11-5-3-4-6-12(11)15/h3-7,10,16H,8H2,1-2H3,(H,17,18,19)/p+1/t10-/m1/s1. The molecule has 0 spiro atoms. The molecular weight excluding hydrogens is 278 g/mol. The highest BCUT2D eigenvalue weighted by Crippen LogP contribution is 2.19. The number of halogens is 1. The summed E-state index contributed by atoms with van der Waals surface area (Å²) in [5.41, 5.74) is 1.01. The Hall–Kier alpha value is -1.85. The quantitative estimate of drug-likeness (QED) is 0.885. The van der Waals surface area contributed by atoms with Crippen LogP contribution in [0.4, 0.5) is 5.82 Å². The molecule has 0 aliphatic heterocycles. The molecule has 0 aliphatic carbocycles. The van der Waals surface area contributed by atoms with E-state index in [1.807, 2.05) is 36.5 Å². The van der Waals surface area contributed by atoms with Gasteiger partial charge in [-0.15, -0.1) is 0 Å². The van der Waals surface area contributed by atoms with Gasteiger partial charge in [0.15, 0.2) is 12.4 Å². The number of hydrogen-bond acceptors (Lipinski definition) is 3. The maximum Gasteiger partial charge on any atom is 0.280 e. The zero-order valence-corrected chi connectivity index (χ0v) is 12.1. The maximum absolute atomic E-state index is 11.8. The van der Waals surface area contributed by atoms with Crippen molar-refractivity contribution < 1.29 is 14.6 Å². The van der Waals surface area contributed by atoms with Gasteiger partial charge < -0.3 is 15.2 Å². The Balaban J connectivity index is 1.85. The second-order valence-electron chi connectivity index (χ2n) is 4.62. The molecule has 20 heavy (non-hydrogen) atoms. The predicted molar refractivity (Wildman–Crippen MR) is 76.5 cm³/mol. The number of aromatic nitrogens is 1. The molecule has 1 aromatic carbocycles. The van der Waals surface area contributed by atoms with Crippen LogP contribution in [0.2, 0.25) is 5.02 Å². The fraction of sp³-hybridized carbons (Fsp3) is 0.286. The van der Waals surface area contributed by atoms with Gasteiger partial charge in [-0.05, 0) is 19.9 Å². The smallest absolute Gasteiger partial charge is 0.280 e. The van der Waals surface area contributed by atoms with Gasteiger partial charge in [0.1, 0.15) is 11.8 Å². The van der Waals surface area contributed by atoms with E-state index in [4.69, 9.17) is 16.1 Å². The van der Waals surface area contributed by atoms with Crippen molar-refractivity contribution in [3.8, 4) is 0 Å². The summed E-state index contributed by atoms with van der Waals surface area (Å²) in [6.07, 6.45) is 0. The van der Waals surface area contributed by atoms with Crippen molar-refractivity contribution >= 4 is 23.3 Å². The molecule has 1 amide bonds. The summed E-state index contributed by atoms with van der Waals surface area (Å²) in [5.74, 6) is 0.970. The number of nitrogens with two attached hydrogens (primary N) is 1. The minimum absolute atomic E-state index is 0.105. The monoisotopic (exact) mass is 294 g/mol. The van der Waals surface area contributed by atoms with Gasteiger partial charge in [0, 0.05) is 16.7 Å². The molecule has 1 aromatic heterocycles. The number of nitrogens with one attached hydrogen (secondary N) is 1. The highest BCUT2D eigenvalue weighted by atomic mass is 35.5. The average Bonchev–Trinajstić information content (AvgIpc) is 2.82. The highest BCUT2D eigenvalue weighted by Gasteiger charge is 2.14. The zero-order valence-electron chi connectivity index (χ0n) is 11.4. The minimum atomic E-state index is -0.128. The summed E-state index contributed by atoms with van der Waals surface area (Å²) >= 11 is 6.12. The number of carbonyl (C=O) groups is 1. The van der Waals surface area contributed by atoms with E-state index in [-0.39, 0.29) is 18.5 Å². The molecule has 106 valence electrons. The number of carbonyl (C=O) groups excluding carboxylic acids is 1. The second kappa shape index (κ2) is 6.54. The van der Waals surface area contributed by atoms with Crippen molar-refractivity contribution in [3.63, 3.8) is 0 Å². The van der Waals surface area contributed by atoms with Crippen molar-refractivity contribution in [3.05, 3.63) is 46.7 Å². The van der Waals surface area contributed by atoms with E-state index < -0.39 is 0 Å². The molecule has 0 bridgehead atoms. The van der Waals surface area contributed by atoms with Crippen LogP contribution in [0.5, 0.6) is 0 Å². The van der Waals surface area contributed by atoms with E-state index in [2.05, 4.69) is 10.5 Å². The normalized spacial score (nSPS) is 12.2. The Bertz CT molecular complexity index is 598. The minimum Gasteiger partial charge on any atom is -0.360 e. The molecule has 3 N–H and O–H groups in total. The largest absolute Gasteiger partial charge is 0.360 e. The number of hydrogen-bond donors (Lipinski definition) is 2. The van der Waals surface area contributed by atoms with Gasteiger partial charge in [-0.2, -0.15) is 0 Å². The molecule has 0 radical (unpaired) electrons. The van der Waals surface area contributed by atoms with Crippen LogP contribution in [0.15, 0.2) is 34.9 Å². The van der Waals surface area contributed by atoms with Crippen LogP contribution in [0.1, 0.15) is 24.3 Å². The molecule has 1 heterocycles. The summed E-state index contributed by atoms with van der Waals surface area (Å²) in [6, 6.07) is 9.41. The fourth-order valence-electron chi connectivity index (χ4n) is 1.87. The third kappa shape index (κ3) is 3.82. The Morgan fingerprint density at radius 2 is 2.25 bits per heavy atom. The van der Waals surface area contributed by atoms with E-state index in [0.29, 0.717) is 16.6 Å².